The van der Waals surface area contributed by atoms with Gasteiger partial charge in [0.15, 0.2) is 0 Å². The predicted molar refractivity (Wildman–Crippen MR) is 108 cm³/mol. The lowest BCUT2D eigenvalue weighted by atomic mass is 10.2. The highest BCUT2D eigenvalue weighted by atomic mass is 16.5. The minimum atomic E-state index is -0.177. The summed E-state index contributed by atoms with van der Waals surface area (Å²) >= 11 is 0. The van der Waals surface area contributed by atoms with Crippen molar-refractivity contribution in [3.05, 3.63) is 96.6 Å². The van der Waals surface area contributed by atoms with E-state index < -0.39 is 0 Å². The molecule has 0 aromatic heterocycles. The van der Waals surface area contributed by atoms with Crippen LogP contribution in [0.1, 0.15) is 5.56 Å². The van der Waals surface area contributed by atoms with E-state index in [0.717, 1.165) is 17.1 Å². The van der Waals surface area contributed by atoms with Crippen LogP contribution in [0.4, 0.5) is 5.69 Å². The van der Waals surface area contributed by atoms with Crippen LogP contribution in [0, 0.1) is 0 Å². The fraction of sp³-hybridized carbons (Fsp3) is 0.0870. The Kier molecular flexibility index (Phi) is 6.65. The van der Waals surface area contributed by atoms with Gasteiger partial charge < -0.3 is 14.8 Å². The van der Waals surface area contributed by atoms with Gasteiger partial charge in [-0.05, 0) is 48.0 Å². The molecule has 0 aliphatic rings. The lowest BCUT2D eigenvalue weighted by molar-refractivity contribution is -0.111. The number of para-hydroxylation sites is 1. The van der Waals surface area contributed by atoms with E-state index in [1.54, 1.807) is 6.08 Å². The summed E-state index contributed by atoms with van der Waals surface area (Å²) in [7, 11) is 0. The van der Waals surface area contributed by atoms with Crippen molar-refractivity contribution in [3.63, 3.8) is 0 Å². The SMILES string of the molecule is O=C(C=Cc1ccccc1)Nc1ccc(OCCOc2ccccc2)cc1. The average Bonchev–Trinajstić information content (AvgIpc) is 2.72. The highest BCUT2D eigenvalue weighted by molar-refractivity contribution is 6.01. The molecule has 1 amide bonds. The maximum absolute atomic E-state index is 12.0. The molecule has 0 atom stereocenters. The Balaban J connectivity index is 1.41. The summed E-state index contributed by atoms with van der Waals surface area (Å²) < 4.78 is 11.2. The lowest BCUT2D eigenvalue weighted by Gasteiger charge is -2.09. The number of benzene rings is 3. The second-order valence-corrected chi connectivity index (χ2v) is 5.77. The minimum Gasteiger partial charge on any atom is -0.490 e. The molecule has 1 N–H and O–H groups in total. The van der Waals surface area contributed by atoms with E-state index >= 15 is 0 Å². The van der Waals surface area contributed by atoms with E-state index in [-0.39, 0.29) is 5.91 Å². The number of carbonyl (C=O) groups is 1. The number of anilines is 1. The molecule has 0 radical (unpaired) electrons. The van der Waals surface area contributed by atoms with Crippen molar-refractivity contribution < 1.29 is 14.3 Å². The molecule has 0 unspecified atom stereocenters. The second-order valence-electron chi connectivity index (χ2n) is 5.77. The molecule has 0 bridgehead atoms. The van der Waals surface area contributed by atoms with E-state index in [1.165, 1.54) is 6.08 Å². The standard InChI is InChI=1S/C23H21NO3/c25-23(16-11-19-7-3-1-4-8-19)24-20-12-14-22(15-13-20)27-18-17-26-21-9-5-2-6-10-21/h1-16H,17-18H2,(H,24,25). The van der Waals surface area contributed by atoms with Gasteiger partial charge in [0.2, 0.25) is 5.91 Å². The van der Waals surface area contributed by atoms with Crippen LogP contribution in [0.5, 0.6) is 11.5 Å². The number of amides is 1. The zero-order valence-electron chi connectivity index (χ0n) is 14.9. The maximum Gasteiger partial charge on any atom is 0.248 e. The Morgan fingerprint density at radius 2 is 1.30 bits per heavy atom. The van der Waals surface area contributed by atoms with Crippen LogP contribution in [0.3, 0.4) is 0 Å². The molecule has 3 aromatic rings. The van der Waals surface area contributed by atoms with E-state index in [9.17, 15) is 4.79 Å². The van der Waals surface area contributed by atoms with Crippen LogP contribution in [-0.4, -0.2) is 19.1 Å². The first-order valence-electron chi connectivity index (χ1n) is 8.74. The molecule has 0 aliphatic carbocycles. The normalized spacial score (nSPS) is 10.5. The van der Waals surface area contributed by atoms with Gasteiger partial charge in [-0.25, -0.2) is 0 Å². The Morgan fingerprint density at radius 3 is 1.93 bits per heavy atom. The monoisotopic (exact) mass is 359 g/mol. The van der Waals surface area contributed by atoms with Gasteiger partial charge in [0.1, 0.15) is 24.7 Å². The zero-order chi connectivity index (χ0) is 18.7. The summed E-state index contributed by atoms with van der Waals surface area (Å²) in [5.41, 5.74) is 1.69. The third-order valence-electron chi connectivity index (χ3n) is 3.71. The molecule has 0 saturated carbocycles. The van der Waals surface area contributed by atoms with E-state index in [2.05, 4.69) is 5.32 Å². The van der Waals surface area contributed by atoms with Crippen LogP contribution in [0.25, 0.3) is 6.08 Å². The van der Waals surface area contributed by atoms with Crippen LogP contribution in [0.2, 0.25) is 0 Å². The van der Waals surface area contributed by atoms with Crippen molar-refractivity contribution in [2.24, 2.45) is 0 Å². The minimum absolute atomic E-state index is 0.177. The maximum atomic E-state index is 12.0. The highest BCUT2D eigenvalue weighted by Crippen LogP contribution is 2.16. The van der Waals surface area contributed by atoms with Crippen molar-refractivity contribution in [1.82, 2.24) is 0 Å². The van der Waals surface area contributed by atoms with Gasteiger partial charge in [-0.15, -0.1) is 0 Å². The molecule has 3 aromatic carbocycles. The van der Waals surface area contributed by atoms with E-state index in [0.29, 0.717) is 18.9 Å². The third-order valence-corrected chi connectivity index (χ3v) is 3.71. The van der Waals surface area contributed by atoms with Gasteiger partial charge >= 0.3 is 0 Å². The van der Waals surface area contributed by atoms with Gasteiger partial charge in [-0.1, -0.05) is 48.5 Å². The van der Waals surface area contributed by atoms with Crippen molar-refractivity contribution >= 4 is 17.7 Å². The quantitative estimate of drug-likeness (QED) is 0.464. The first-order chi connectivity index (χ1) is 13.3. The fourth-order valence-corrected chi connectivity index (χ4v) is 2.39. The fourth-order valence-electron chi connectivity index (χ4n) is 2.39. The van der Waals surface area contributed by atoms with Gasteiger partial charge in [-0.2, -0.15) is 0 Å². The Labute approximate surface area is 159 Å². The molecular weight excluding hydrogens is 338 g/mol. The molecule has 3 rings (SSSR count). The molecule has 27 heavy (non-hydrogen) atoms. The van der Waals surface area contributed by atoms with E-state index in [1.807, 2.05) is 84.9 Å². The van der Waals surface area contributed by atoms with E-state index in [4.69, 9.17) is 9.47 Å². The molecule has 0 saturated heterocycles. The third kappa shape index (κ3) is 6.36. The molecule has 0 spiro atoms. The Morgan fingerprint density at radius 1 is 0.741 bits per heavy atom. The summed E-state index contributed by atoms with van der Waals surface area (Å²) in [6.07, 6.45) is 3.29. The zero-order valence-corrected chi connectivity index (χ0v) is 14.9. The highest BCUT2D eigenvalue weighted by Gasteiger charge is 2.00. The Bertz CT molecular complexity index is 859. The largest absolute Gasteiger partial charge is 0.490 e. The van der Waals surface area contributed by atoms with Crippen LogP contribution in [0.15, 0.2) is 91.0 Å². The van der Waals surface area contributed by atoms with Crippen LogP contribution in [-0.2, 0) is 4.79 Å². The number of hydrogen-bond donors (Lipinski definition) is 1. The molecule has 4 nitrogen and oxygen atoms in total. The topological polar surface area (TPSA) is 47.6 Å². The van der Waals surface area contributed by atoms with Gasteiger partial charge in [0.25, 0.3) is 0 Å². The first kappa shape index (κ1) is 18.3. The van der Waals surface area contributed by atoms with Gasteiger partial charge in [-0.3, -0.25) is 4.79 Å². The predicted octanol–water partition coefficient (Wildman–Crippen LogP) is 4.80. The molecule has 0 fully saturated rings. The van der Waals surface area contributed by atoms with Crippen molar-refractivity contribution in [2.75, 3.05) is 18.5 Å². The molecule has 0 heterocycles. The second kappa shape index (κ2) is 9.82. The van der Waals surface area contributed by atoms with Crippen molar-refractivity contribution in [1.29, 1.82) is 0 Å². The van der Waals surface area contributed by atoms with Gasteiger partial charge in [0.05, 0.1) is 0 Å². The smallest absolute Gasteiger partial charge is 0.248 e. The number of ether oxygens (including phenoxy) is 2. The number of hydrogen-bond acceptors (Lipinski definition) is 3. The van der Waals surface area contributed by atoms with Crippen molar-refractivity contribution in [2.45, 2.75) is 0 Å². The Hall–Kier alpha value is -3.53. The summed E-state index contributed by atoms with van der Waals surface area (Å²) in [6.45, 7) is 0.910. The molecular formula is C23H21NO3. The lowest BCUT2D eigenvalue weighted by Crippen LogP contribution is -2.09. The summed E-state index contributed by atoms with van der Waals surface area (Å²) in [6, 6.07) is 26.6. The van der Waals surface area contributed by atoms with Crippen molar-refractivity contribution in [3.8, 4) is 11.5 Å². The van der Waals surface area contributed by atoms with Gasteiger partial charge in [0, 0.05) is 11.8 Å². The molecule has 0 aliphatic heterocycles. The number of rotatable bonds is 8. The summed E-state index contributed by atoms with van der Waals surface area (Å²) in [4.78, 5) is 12.0. The summed E-state index contributed by atoms with van der Waals surface area (Å²) in [5.74, 6) is 1.37. The van der Waals surface area contributed by atoms with Crippen LogP contribution < -0.4 is 14.8 Å². The average molecular weight is 359 g/mol. The molecule has 4 heteroatoms. The molecule has 136 valence electrons. The van der Waals surface area contributed by atoms with Crippen LogP contribution >= 0.6 is 0 Å². The number of nitrogens with one attached hydrogen (secondary N) is 1. The first-order valence-corrected chi connectivity index (χ1v) is 8.74. The number of carbonyl (C=O) groups excluding carboxylic acids is 1. The summed E-state index contributed by atoms with van der Waals surface area (Å²) in [5, 5.41) is 2.82.